The first-order valence-electron chi connectivity index (χ1n) is 11.2. The first-order chi connectivity index (χ1) is 16.9. The third-order valence-electron chi connectivity index (χ3n) is 5.18. The van der Waals surface area contributed by atoms with Crippen molar-refractivity contribution in [1.82, 2.24) is 34.8 Å². The summed E-state index contributed by atoms with van der Waals surface area (Å²) in [6.45, 7) is 5.29. The number of anilines is 2. The van der Waals surface area contributed by atoms with Gasteiger partial charge in [0.15, 0.2) is 11.4 Å². The zero-order chi connectivity index (χ0) is 26.2. The van der Waals surface area contributed by atoms with E-state index in [4.69, 9.17) is 0 Å². The van der Waals surface area contributed by atoms with E-state index in [1.54, 1.807) is 0 Å². The molecule has 1 fully saturated rings. The van der Waals surface area contributed by atoms with Gasteiger partial charge in [0.25, 0.3) is 23.8 Å². The fourth-order valence-electron chi connectivity index (χ4n) is 3.43. The van der Waals surface area contributed by atoms with Gasteiger partial charge in [0.2, 0.25) is 5.88 Å². The van der Waals surface area contributed by atoms with Crippen molar-refractivity contribution in [3.8, 4) is 5.88 Å². The van der Waals surface area contributed by atoms with Gasteiger partial charge in [-0.15, -0.1) is 5.10 Å². The number of nitrogens with one attached hydrogen (secondary N) is 3. The third kappa shape index (κ3) is 5.58. The third-order valence-corrected chi connectivity index (χ3v) is 5.18. The molecule has 0 aliphatic heterocycles. The lowest BCUT2D eigenvalue weighted by Crippen LogP contribution is -2.35. The number of rotatable bonds is 8. The molecule has 36 heavy (non-hydrogen) atoms. The number of halogens is 2. The van der Waals surface area contributed by atoms with Crippen LogP contribution in [-0.2, 0) is 6.54 Å². The molecular formula is C22H26F2N8O4. The summed E-state index contributed by atoms with van der Waals surface area (Å²) in [5.74, 6) is -1.59. The number of amides is 2. The predicted octanol–water partition coefficient (Wildman–Crippen LogP) is 1.67. The standard InChI is InChI=1S/C22H26F2N8O4/c1-22(2,3)10-31-16-6-14(29-15-9-25-12(7-26-15)18(33)27-8-13(23)24)30-32(16)21(36)17(20(31)35)19(34)28-11-4-5-11/h6-7,9,11,13,35H,4-5,8,10H2,1-3H3,(H,27,33)(H,28,34)(H,26,29,30). The van der Waals surface area contributed by atoms with Gasteiger partial charge in [-0.2, -0.15) is 4.52 Å². The Hall–Kier alpha value is -4.10. The van der Waals surface area contributed by atoms with Gasteiger partial charge in [-0.25, -0.2) is 18.7 Å². The van der Waals surface area contributed by atoms with Crippen LogP contribution in [0.4, 0.5) is 20.4 Å². The Bertz CT molecular complexity index is 1360. The fourth-order valence-corrected chi connectivity index (χ4v) is 3.43. The molecule has 1 aliphatic carbocycles. The Morgan fingerprint density at radius 3 is 2.47 bits per heavy atom. The summed E-state index contributed by atoms with van der Waals surface area (Å²) >= 11 is 0. The molecule has 3 heterocycles. The lowest BCUT2D eigenvalue weighted by atomic mass is 9.96. The van der Waals surface area contributed by atoms with Crippen LogP contribution in [0.25, 0.3) is 5.65 Å². The van der Waals surface area contributed by atoms with Crippen molar-refractivity contribution in [2.75, 3.05) is 11.9 Å². The maximum absolute atomic E-state index is 13.1. The highest BCUT2D eigenvalue weighted by Crippen LogP contribution is 2.27. The first-order valence-corrected chi connectivity index (χ1v) is 11.2. The number of carbonyl (C=O) groups is 2. The molecule has 0 unspecified atom stereocenters. The molecule has 3 aromatic rings. The molecule has 4 rings (SSSR count). The number of nitrogens with zero attached hydrogens (tertiary/aromatic N) is 5. The highest BCUT2D eigenvalue weighted by atomic mass is 19.3. The van der Waals surface area contributed by atoms with Crippen molar-refractivity contribution in [3.05, 3.63) is 40.1 Å². The summed E-state index contributed by atoms with van der Waals surface area (Å²) in [6, 6.07) is 1.48. The van der Waals surface area contributed by atoms with E-state index in [0.717, 1.165) is 23.6 Å². The van der Waals surface area contributed by atoms with Crippen LogP contribution in [0.3, 0.4) is 0 Å². The Kier molecular flexibility index (Phi) is 6.61. The molecule has 1 aliphatic rings. The van der Waals surface area contributed by atoms with Gasteiger partial charge in [-0.05, 0) is 18.3 Å². The Balaban J connectivity index is 1.66. The van der Waals surface area contributed by atoms with Gasteiger partial charge in [-0.3, -0.25) is 19.0 Å². The highest BCUT2D eigenvalue weighted by molar-refractivity contribution is 5.96. The summed E-state index contributed by atoms with van der Waals surface area (Å²) in [5, 5.41) is 22.8. The van der Waals surface area contributed by atoms with E-state index in [1.165, 1.54) is 16.8 Å². The molecule has 0 saturated heterocycles. The van der Waals surface area contributed by atoms with Gasteiger partial charge in [0, 0.05) is 18.7 Å². The van der Waals surface area contributed by atoms with Crippen molar-refractivity contribution in [3.63, 3.8) is 0 Å². The zero-order valence-corrected chi connectivity index (χ0v) is 19.9. The maximum atomic E-state index is 13.1. The Labute approximate surface area is 203 Å². The lowest BCUT2D eigenvalue weighted by molar-refractivity contribution is 0.0886. The highest BCUT2D eigenvalue weighted by Gasteiger charge is 2.30. The number of fused-ring (bicyclic) bond motifs is 1. The second-order valence-electron chi connectivity index (χ2n) is 9.71. The summed E-state index contributed by atoms with van der Waals surface area (Å²) in [7, 11) is 0. The van der Waals surface area contributed by atoms with Crippen molar-refractivity contribution in [1.29, 1.82) is 0 Å². The van der Waals surface area contributed by atoms with Crippen LogP contribution in [0.5, 0.6) is 5.88 Å². The minimum absolute atomic E-state index is 0.0167. The van der Waals surface area contributed by atoms with Crippen LogP contribution in [0, 0.1) is 5.41 Å². The largest absolute Gasteiger partial charge is 0.494 e. The summed E-state index contributed by atoms with van der Waals surface area (Å²) in [4.78, 5) is 45.6. The predicted molar refractivity (Wildman–Crippen MR) is 125 cm³/mol. The van der Waals surface area contributed by atoms with E-state index in [-0.39, 0.29) is 41.0 Å². The van der Waals surface area contributed by atoms with Gasteiger partial charge < -0.3 is 21.1 Å². The van der Waals surface area contributed by atoms with E-state index < -0.39 is 41.8 Å². The van der Waals surface area contributed by atoms with Crippen molar-refractivity contribution in [2.24, 2.45) is 5.41 Å². The molecule has 3 aromatic heterocycles. The van der Waals surface area contributed by atoms with Crippen molar-refractivity contribution in [2.45, 2.75) is 52.6 Å². The summed E-state index contributed by atoms with van der Waals surface area (Å²) < 4.78 is 27.0. The van der Waals surface area contributed by atoms with Gasteiger partial charge in [-0.1, -0.05) is 20.8 Å². The SMILES string of the molecule is CC(C)(C)Cn1c(O)c(C(=O)NC2CC2)c(=O)n2nc(Nc3cnc(C(=O)NCC(F)F)cn3)cc12. The maximum Gasteiger partial charge on any atom is 0.291 e. The monoisotopic (exact) mass is 504 g/mol. The molecule has 0 spiro atoms. The molecule has 14 heteroatoms. The molecular weight excluding hydrogens is 478 g/mol. The number of aromatic nitrogens is 5. The van der Waals surface area contributed by atoms with E-state index in [9.17, 15) is 28.3 Å². The first kappa shape index (κ1) is 25.0. The molecule has 0 aromatic carbocycles. The second kappa shape index (κ2) is 9.51. The van der Waals surface area contributed by atoms with E-state index in [0.29, 0.717) is 0 Å². The van der Waals surface area contributed by atoms with Gasteiger partial charge in [0.05, 0.1) is 18.9 Å². The normalized spacial score (nSPS) is 13.7. The van der Waals surface area contributed by atoms with Crippen LogP contribution in [0.15, 0.2) is 23.3 Å². The van der Waals surface area contributed by atoms with Gasteiger partial charge >= 0.3 is 0 Å². The average Bonchev–Trinajstić information content (AvgIpc) is 3.51. The quantitative estimate of drug-likeness (QED) is 0.361. The lowest BCUT2D eigenvalue weighted by Gasteiger charge is -2.23. The number of hydrogen-bond acceptors (Lipinski definition) is 8. The Morgan fingerprint density at radius 1 is 1.17 bits per heavy atom. The molecule has 12 nitrogen and oxygen atoms in total. The zero-order valence-electron chi connectivity index (χ0n) is 19.9. The van der Waals surface area contributed by atoms with Crippen LogP contribution in [0.2, 0.25) is 0 Å². The summed E-state index contributed by atoms with van der Waals surface area (Å²) in [6.07, 6.45) is 1.24. The number of alkyl halides is 2. The Morgan fingerprint density at radius 2 is 1.89 bits per heavy atom. The van der Waals surface area contributed by atoms with E-state index in [1.807, 2.05) is 26.1 Å². The number of aromatic hydroxyl groups is 1. The minimum Gasteiger partial charge on any atom is -0.494 e. The topological polar surface area (TPSA) is 156 Å². The summed E-state index contributed by atoms with van der Waals surface area (Å²) in [5.41, 5.74) is -1.41. The van der Waals surface area contributed by atoms with Crippen LogP contribution >= 0.6 is 0 Å². The van der Waals surface area contributed by atoms with E-state index >= 15 is 0 Å². The average molecular weight is 504 g/mol. The van der Waals surface area contributed by atoms with Crippen LogP contribution in [-0.4, -0.2) is 60.1 Å². The molecule has 0 atom stereocenters. The van der Waals surface area contributed by atoms with Crippen molar-refractivity contribution >= 4 is 29.1 Å². The molecule has 1 saturated carbocycles. The molecule has 192 valence electrons. The van der Waals surface area contributed by atoms with Crippen molar-refractivity contribution < 1.29 is 23.5 Å². The molecule has 0 radical (unpaired) electrons. The smallest absolute Gasteiger partial charge is 0.291 e. The molecule has 2 amide bonds. The second-order valence-corrected chi connectivity index (χ2v) is 9.71. The van der Waals surface area contributed by atoms with Gasteiger partial charge in [0.1, 0.15) is 17.2 Å². The molecule has 0 bridgehead atoms. The van der Waals surface area contributed by atoms with Crippen LogP contribution in [0.1, 0.15) is 54.5 Å². The number of carbonyl (C=O) groups excluding carboxylic acids is 2. The molecule has 4 N–H and O–H groups in total. The fraction of sp³-hybridized carbons (Fsp3) is 0.455. The number of hydrogen-bond donors (Lipinski definition) is 4. The minimum atomic E-state index is -2.69. The van der Waals surface area contributed by atoms with Crippen LogP contribution < -0.4 is 21.5 Å². The van der Waals surface area contributed by atoms with E-state index in [2.05, 4.69) is 25.7 Å².